The lowest BCUT2D eigenvalue weighted by Crippen LogP contribution is -2.47. The Balaban J connectivity index is 0.000000164. The molecule has 5 heterocycles. The van der Waals surface area contributed by atoms with E-state index in [2.05, 4.69) is 178 Å². The number of hydrogen-bond acceptors (Lipinski definition) is 6. The zero-order valence-electron chi connectivity index (χ0n) is 39.9. The Morgan fingerprint density at radius 3 is 0.898 bits per heavy atom. The lowest BCUT2D eigenvalue weighted by molar-refractivity contribution is 0.126. The van der Waals surface area contributed by atoms with Gasteiger partial charge >= 0.3 is 0 Å². The average Bonchev–Trinajstić information content (AvgIpc) is 3.48. The highest BCUT2D eigenvalue weighted by Gasteiger charge is 2.19. The van der Waals surface area contributed by atoms with E-state index in [1.54, 1.807) is 22.3 Å². The van der Waals surface area contributed by atoms with Gasteiger partial charge in [0.25, 0.3) is 0 Å². The molecule has 0 unspecified atom stereocenters. The predicted octanol–water partition coefficient (Wildman–Crippen LogP) is 9.92. The van der Waals surface area contributed by atoms with Crippen LogP contribution < -0.4 is 0 Å². The zero-order chi connectivity index (χ0) is 42.7. The first-order chi connectivity index (χ1) is 28.3. The first kappa shape index (κ1) is 49.1. The molecule has 0 N–H and O–H groups in total. The fourth-order valence-corrected chi connectivity index (χ4v) is 8.89. The van der Waals surface area contributed by atoms with Gasteiger partial charge in [0, 0.05) is 95.7 Å². The van der Waals surface area contributed by atoms with E-state index >= 15 is 0 Å². The molecule has 5 aliphatic heterocycles. The molecule has 330 valence electrons. The molecule has 8 rings (SSSR count). The van der Waals surface area contributed by atoms with Gasteiger partial charge in [-0.3, -0.25) is 14.7 Å². The molecule has 0 aromatic heterocycles. The maximum atomic E-state index is 2.57. The van der Waals surface area contributed by atoms with Crippen LogP contribution >= 0.6 is 0 Å². The molecule has 2 saturated heterocycles. The van der Waals surface area contributed by atoms with Crippen molar-refractivity contribution in [2.45, 2.75) is 157 Å². The van der Waals surface area contributed by atoms with Crippen LogP contribution in [0.5, 0.6) is 0 Å². The lowest BCUT2D eigenvalue weighted by Gasteiger charge is -2.34. The summed E-state index contributed by atoms with van der Waals surface area (Å²) in [5.74, 6) is 0. The summed E-state index contributed by atoms with van der Waals surface area (Å²) < 4.78 is 0. The minimum absolute atomic E-state index is 0.674. The maximum absolute atomic E-state index is 2.57. The van der Waals surface area contributed by atoms with Gasteiger partial charge in [0.2, 0.25) is 0 Å². The summed E-state index contributed by atoms with van der Waals surface area (Å²) in [6, 6.07) is 30.0. The van der Waals surface area contributed by atoms with Crippen LogP contribution in [0.3, 0.4) is 0 Å². The second-order valence-electron chi connectivity index (χ2n) is 19.2. The van der Waals surface area contributed by atoms with Gasteiger partial charge in [-0.25, -0.2) is 0 Å². The summed E-state index contributed by atoms with van der Waals surface area (Å²) >= 11 is 0. The van der Waals surface area contributed by atoms with Gasteiger partial charge in [-0.15, -0.1) is 0 Å². The van der Waals surface area contributed by atoms with Gasteiger partial charge < -0.3 is 14.7 Å². The van der Waals surface area contributed by atoms with E-state index < -0.39 is 0 Å². The van der Waals surface area contributed by atoms with Crippen LogP contribution in [-0.2, 0) is 38.8 Å². The fraction of sp³-hybridized carbons (Fsp3) is 0.660. The molecule has 3 aromatic carbocycles. The number of likely N-dealkylation sites (N-methyl/N-ethyl adjacent to an activating group) is 1. The van der Waals surface area contributed by atoms with Gasteiger partial charge in [-0.1, -0.05) is 79.2 Å². The van der Waals surface area contributed by atoms with Crippen molar-refractivity contribution in [1.29, 1.82) is 0 Å². The molecule has 6 heteroatoms. The minimum Gasteiger partial charge on any atom is -0.304 e. The standard InChI is InChI=1S/C13H19N.2C12H17N.C8H18N2.C8H17N/c1-11(2)14-9-7-12-5-3-4-6-13(12)8-10-14;2*1-10(2)13-8-7-11-5-3-4-6-12(11)9-13;1-8(2)10-6-4-9(3)5-7-10;1-8(2)9-6-4-3-5-7-9/h3-6,11H,7-10H2,1-2H3;2*3-6,10H,7-9H2,1-2H3;8H,4-7H2,1-3H3;8H,3-7H2,1-2H3. The molecule has 0 atom stereocenters. The van der Waals surface area contributed by atoms with Crippen molar-refractivity contribution < 1.29 is 0 Å². The van der Waals surface area contributed by atoms with Gasteiger partial charge in [0.1, 0.15) is 0 Å². The number of likely N-dealkylation sites (tertiary alicyclic amines) is 1. The van der Waals surface area contributed by atoms with Crippen molar-refractivity contribution in [2.75, 3.05) is 72.5 Å². The van der Waals surface area contributed by atoms with E-state index in [1.165, 1.54) is 122 Å². The number of fused-ring (bicyclic) bond motifs is 3. The molecule has 0 saturated carbocycles. The molecule has 0 amide bonds. The van der Waals surface area contributed by atoms with Crippen LogP contribution in [0.25, 0.3) is 0 Å². The number of piperidine rings is 1. The first-order valence-electron chi connectivity index (χ1n) is 23.9. The van der Waals surface area contributed by atoms with Gasteiger partial charge in [-0.05, 0) is 161 Å². The number of benzene rings is 3. The zero-order valence-corrected chi connectivity index (χ0v) is 39.9. The Morgan fingerprint density at radius 2 is 0.576 bits per heavy atom. The lowest BCUT2D eigenvalue weighted by atomic mass is 9.99. The van der Waals surface area contributed by atoms with Crippen molar-refractivity contribution in [3.05, 3.63) is 106 Å². The van der Waals surface area contributed by atoms with Crippen molar-refractivity contribution >= 4 is 0 Å². The summed E-state index contributed by atoms with van der Waals surface area (Å²) in [6.07, 6.45) is 9.14. The monoisotopic (exact) mass is 809 g/mol. The smallest absolute Gasteiger partial charge is 0.0239 e. The number of hydrogen-bond donors (Lipinski definition) is 0. The van der Waals surface area contributed by atoms with E-state index in [4.69, 9.17) is 0 Å². The highest BCUT2D eigenvalue weighted by molar-refractivity contribution is 5.30. The summed E-state index contributed by atoms with van der Waals surface area (Å²) in [6.45, 7) is 37.5. The number of piperazine rings is 1. The normalized spacial score (nSPS) is 19.5. The SMILES string of the molecule is CC(C)N1CCCCC1.CC(C)N1CCN(C)CC1.CC(C)N1CCc2ccccc2C1.CC(C)N1CCc2ccccc2C1.CC(C)N1CCc2ccccc2CC1. The van der Waals surface area contributed by atoms with E-state index in [0.29, 0.717) is 18.1 Å². The summed E-state index contributed by atoms with van der Waals surface area (Å²) in [7, 11) is 2.19. The third-order valence-electron chi connectivity index (χ3n) is 13.4. The van der Waals surface area contributed by atoms with Crippen molar-refractivity contribution in [3.8, 4) is 0 Å². The Morgan fingerprint density at radius 1 is 0.305 bits per heavy atom. The third-order valence-corrected chi connectivity index (χ3v) is 13.4. The maximum Gasteiger partial charge on any atom is 0.0239 e. The van der Waals surface area contributed by atoms with E-state index in [-0.39, 0.29) is 0 Å². The molecular formula is C53H88N6. The predicted molar refractivity (Wildman–Crippen MR) is 257 cm³/mol. The van der Waals surface area contributed by atoms with E-state index in [0.717, 1.165) is 25.2 Å². The summed E-state index contributed by atoms with van der Waals surface area (Å²) in [5.41, 5.74) is 9.22. The topological polar surface area (TPSA) is 19.4 Å². The molecular weight excluding hydrogens is 721 g/mol. The third kappa shape index (κ3) is 17.0. The molecule has 0 bridgehead atoms. The largest absolute Gasteiger partial charge is 0.304 e. The average molecular weight is 809 g/mol. The Kier molecular flexibility index (Phi) is 21.6. The molecule has 6 nitrogen and oxygen atoms in total. The van der Waals surface area contributed by atoms with E-state index in [1.807, 2.05) is 0 Å². The van der Waals surface area contributed by atoms with Crippen LogP contribution in [0, 0.1) is 0 Å². The summed E-state index contributed by atoms with van der Waals surface area (Å²) in [4.78, 5) is 15.1. The van der Waals surface area contributed by atoms with Crippen LogP contribution in [0.1, 0.15) is 122 Å². The number of nitrogens with zero attached hydrogens (tertiary/aromatic N) is 6. The van der Waals surface area contributed by atoms with Crippen molar-refractivity contribution in [1.82, 2.24) is 29.4 Å². The van der Waals surface area contributed by atoms with Crippen LogP contribution in [-0.4, -0.2) is 132 Å². The van der Waals surface area contributed by atoms with Crippen molar-refractivity contribution in [3.63, 3.8) is 0 Å². The van der Waals surface area contributed by atoms with Gasteiger partial charge in [-0.2, -0.15) is 0 Å². The van der Waals surface area contributed by atoms with Crippen LogP contribution in [0.15, 0.2) is 72.8 Å². The molecule has 59 heavy (non-hydrogen) atoms. The Hall–Kier alpha value is -2.58. The Labute approximate surface area is 364 Å². The summed E-state index contributed by atoms with van der Waals surface area (Å²) in [5, 5.41) is 0. The molecule has 2 fully saturated rings. The second-order valence-corrected chi connectivity index (χ2v) is 19.2. The quantitative estimate of drug-likeness (QED) is 0.254. The second kappa shape index (κ2) is 26.0. The van der Waals surface area contributed by atoms with Crippen LogP contribution in [0.2, 0.25) is 0 Å². The molecule has 0 radical (unpaired) electrons. The number of rotatable bonds is 5. The highest BCUT2D eigenvalue weighted by atomic mass is 15.3. The minimum atomic E-state index is 0.674. The van der Waals surface area contributed by atoms with Gasteiger partial charge in [0.15, 0.2) is 0 Å². The first-order valence-corrected chi connectivity index (χ1v) is 23.9. The Bertz CT molecular complexity index is 1480. The molecule has 0 spiro atoms. The molecule has 3 aromatic rings. The highest BCUT2D eigenvalue weighted by Crippen LogP contribution is 2.21. The van der Waals surface area contributed by atoms with Gasteiger partial charge in [0.05, 0.1) is 0 Å². The van der Waals surface area contributed by atoms with Crippen LogP contribution in [0.4, 0.5) is 0 Å². The van der Waals surface area contributed by atoms with E-state index in [9.17, 15) is 0 Å². The molecule has 0 aliphatic carbocycles. The molecule has 5 aliphatic rings. The van der Waals surface area contributed by atoms with Crippen molar-refractivity contribution in [2.24, 2.45) is 0 Å². The fourth-order valence-electron chi connectivity index (χ4n) is 8.89.